The van der Waals surface area contributed by atoms with E-state index in [-0.39, 0.29) is 19.0 Å². The van der Waals surface area contributed by atoms with Crippen LogP contribution in [0.5, 0.6) is 0 Å². The Bertz CT molecular complexity index is 1040. The summed E-state index contributed by atoms with van der Waals surface area (Å²) in [5, 5.41) is 0. The zero-order valence-electron chi connectivity index (χ0n) is 14.8. The third-order valence-corrected chi connectivity index (χ3v) is 4.49. The van der Waals surface area contributed by atoms with Gasteiger partial charge in [-0.2, -0.15) is 0 Å². The summed E-state index contributed by atoms with van der Waals surface area (Å²) in [4.78, 5) is 52.0. The lowest BCUT2D eigenvalue weighted by Crippen LogP contribution is -2.55. The fourth-order valence-corrected chi connectivity index (χ4v) is 3.21. The Morgan fingerprint density at radius 2 is 1.48 bits per heavy atom. The molecule has 0 atom stereocenters. The molecule has 2 heterocycles. The Kier molecular flexibility index (Phi) is 5.07. The van der Waals surface area contributed by atoms with Crippen molar-refractivity contribution < 1.29 is 4.79 Å². The van der Waals surface area contributed by atoms with Crippen LogP contribution in [0.25, 0.3) is 0 Å². The molecule has 140 valence electrons. The number of nitrogens with zero attached hydrogens (tertiary/aromatic N) is 4. The molecule has 0 bridgehead atoms. The summed E-state index contributed by atoms with van der Waals surface area (Å²) in [5.74, 6) is -0.381. The van der Waals surface area contributed by atoms with Gasteiger partial charge in [0.05, 0.1) is 13.1 Å². The van der Waals surface area contributed by atoms with Crippen LogP contribution in [-0.2, 0) is 30.8 Å². The normalized spacial score (nSPS) is 12.7. The smallest absolute Gasteiger partial charge is 0.310 e. The number of hydrogen-bond donors (Lipinski definition) is 0. The fourth-order valence-electron chi connectivity index (χ4n) is 3.21. The molecule has 27 heavy (non-hydrogen) atoms. The number of amides is 1. The second kappa shape index (κ2) is 7.45. The number of aromatic nitrogens is 3. The summed E-state index contributed by atoms with van der Waals surface area (Å²) in [6.45, 7) is 6.97. The summed E-state index contributed by atoms with van der Waals surface area (Å²) in [7, 11) is 0. The van der Waals surface area contributed by atoms with Gasteiger partial charge in [-0.3, -0.25) is 4.79 Å². The number of anilines is 1. The van der Waals surface area contributed by atoms with Crippen molar-refractivity contribution in [2.24, 2.45) is 0 Å². The molecule has 1 aliphatic rings. The number of carbonyl (C=O) groups excluding carboxylic acids is 1. The first-order valence-electron chi connectivity index (χ1n) is 8.54. The highest BCUT2D eigenvalue weighted by Gasteiger charge is 2.26. The number of benzene rings is 1. The molecular formula is C19H20N4O4. The molecule has 1 aliphatic heterocycles. The van der Waals surface area contributed by atoms with E-state index < -0.39 is 23.6 Å². The number of hydrogen-bond acceptors (Lipinski definition) is 4. The van der Waals surface area contributed by atoms with Gasteiger partial charge in [0.25, 0.3) is 0 Å². The van der Waals surface area contributed by atoms with E-state index >= 15 is 0 Å². The molecule has 8 nitrogen and oxygen atoms in total. The lowest BCUT2D eigenvalue weighted by atomic mass is 10.2. The molecule has 0 N–H and O–H groups in total. The maximum Gasteiger partial charge on any atom is 0.337 e. The molecule has 1 aromatic heterocycles. The van der Waals surface area contributed by atoms with Crippen LogP contribution >= 0.6 is 0 Å². The van der Waals surface area contributed by atoms with Crippen LogP contribution in [0, 0.1) is 0 Å². The third kappa shape index (κ3) is 3.21. The van der Waals surface area contributed by atoms with Gasteiger partial charge in [0.2, 0.25) is 5.91 Å². The fraction of sp³-hybridized carbons (Fsp3) is 0.263. The lowest BCUT2D eigenvalue weighted by molar-refractivity contribution is -0.119. The van der Waals surface area contributed by atoms with Gasteiger partial charge in [-0.25, -0.2) is 28.1 Å². The number of fused-ring (bicyclic) bond motifs is 1. The zero-order valence-corrected chi connectivity index (χ0v) is 14.8. The van der Waals surface area contributed by atoms with Crippen molar-refractivity contribution in [2.45, 2.75) is 26.1 Å². The van der Waals surface area contributed by atoms with Crippen LogP contribution in [-0.4, -0.2) is 26.2 Å². The molecule has 0 spiro atoms. The van der Waals surface area contributed by atoms with Gasteiger partial charge >= 0.3 is 17.1 Å². The quantitative estimate of drug-likeness (QED) is 0.679. The molecule has 3 rings (SSSR count). The molecule has 0 saturated heterocycles. The highest BCUT2D eigenvalue weighted by atomic mass is 16.2. The predicted molar refractivity (Wildman–Crippen MR) is 102 cm³/mol. The maximum atomic E-state index is 12.8. The number of rotatable bonds is 6. The molecular weight excluding hydrogens is 348 g/mol. The Labute approximate surface area is 154 Å². The van der Waals surface area contributed by atoms with Gasteiger partial charge in [0.15, 0.2) is 0 Å². The zero-order chi connectivity index (χ0) is 19.6. The molecule has 0 unspecified atom stereocenters. The molecule has 2 aromatic rings. The standard InChI is InChI=1S/C19H20N4O4/c1-3-10-21-17(25)22(11-4-2)19(27)23(18(21)26)13-16(24)20-12-9-14-7-5-6-8-15(14)20/h3-8H,1-2,9-13H2. The van der Waals surface area contributed by atoms with Crippen LogP contribution in [0.3, 0.4) is 0 Å². The van der Waals surface area contributed by atoms with Gasteiger partial charge in [-0.15, -0.1) is 13.2 Å². The van der Waals surface area contributed by atoms with E-state index in [1.807, 2.05) is 24.3 Å². The highest BCUT2D eigenvalue weighted by Crippen LogP contribution is 2.27. The van der Waals surface area contributed by atoms with Crippen LogP contribution in [0.1, 0.15) is 5.56 Å². The van der Waals surface area contributed by atoms with Gasteiger partial charge in [0.1, 0.15) is 6.54 Å². The van der Waals surface area contributed by atoms with Crippen molar-refractivity contribution in [3.05, 3.63) is 86.6 Å². The van der Waals surface area contributed by atoms with E-state index in [4.69, 9.17) is 0 Å². The van der Waals surface area contributed by atoms with Gasteiger partial charge in [0, 0.05) is 12.2 Å². The summed E-state index contributed by atoms with van der Waals surface area (Å²) in [6.07, 6.45) is 3.48. The van der Waals surface area contributed by atoms with Crippen LogP contribution in [0.2, 0.25) is 0 Å². The van der Waals surface area contributed by atoms with Gasteiger partial charge < -0.3 is 4.90 Å². The van der Waals surface area contributed by atoms with Crippen molar-refractivity contribution >= 4 is 11.6 Å². The van der Waals surface area contributed by atoms with E-state index in [0.29, 0.717) is 13.0 Å². The minimum Gasteiger partial charge on any atom is -0.310 e. The first-order valence-corrected chi connectivity index (χ1v) is 8.54. The average Bonchev–Trinajstić information content (AvgIpc) is 3.10. The lowest BCUT2D eigenvalue weighted by Gasteiger charge is -2.18. The minimum absolute atomic E-state index is 0.0597. The van der Waals surface area contributed by atoms with Gasteiger partial charge in [-0.05, 0) is 18.1 Å². The van der Waals surface area contributed by atoms with E-state index in [1.54, 1.807) is 4.90 Å². The van der Waals surface area contributed by atoms with E-state index in [1.165, 1.54) is 12.2 Å². The number of allylic oxidation sites excluding steroid dienone is 2. The molecule has 0 saturated carbocycles. The van der Waals surface area contributed by atoms with E-state index in [0.717, 1.165) is 25.0 Å². The number of para-hydroxylation sites is 1. The Morgan fingerprint density at radius 3 is 2.07 bits per heavy atom. The average molecular weight is 368 g/mol. The van der Waals surface area contributed by atoms with Crippen LogP contribution < -0.4 is 22.0 Å². The molecule has 0 fully saturated rings. The molecule has 1 aromatic carbocycles. The monoisotopic (exact) mass is 368 g/mol. The third-order valence-electron chi connectivity index (χ3n) is 4.49. The van der Waals surface area contributed by atoms with E-state index in [2.05, 4.69) is 13.2 Å². The molecule has 8 heteroatoms. The largest absolute Gasteiger partial charge is 0.337 e. The highest BCUT2D eigenvalue weighted by molar-refractivity contribution is 5.95. The Hall–Kier alpha value is -3.42. The number of carbonyl (C=O) groups is 1. The topological polar surface area (TPSA) is 86.3 Å². The Morgan fingerprint density at radius 1 is 0.926 bits per heavy atom. The molecule has 0 radical (unpaired) electrons. The SMILES string of the molecule is C=CCn1c(=O)n(CC=C)c(=O)n(CC(=O)N2CCc3ccccc32)c1=O. The van der Waals surface area contributed by atoms with E-state index in [9.17, 15) is 19.2 Å². The van der Waals surface area contributed by atoms with Crippen molar-refractivity contribution in [3.63, 3.8) is 0 Å². The maximum absolute atomic E-state index is 12.8. The summed E-state index contributed by atoms with van der Waals surface area (Å²) >= 11 is 0. The van der Waals surface area contributed by atoms with Crippen molar-refractivity contribution in [1.82, 2.24) is 13.7 Å². The first-order chi connectivity index (χ1) is 13.0. The van der Waals surface area contributed by atoms with Gasteiger partial charge in [-0.1, -0.05) is 30.4 Å². The minimum atomic E-state index is -0.828. The molecule has 0 aliphatic carbocycles. The van der Waals surface area contributed by atoms with Crippen LogP contribution in [0.15, 0.2) is 64.0 Å². The van der Waals surface area contributed by atoms with Crippen molar-refractivity contribution in [2.75, 3.05) is 11.4 Å². The Balaban J connectivity index is 2.04. The summed E-state index contributed by atoms with van der Waals surface area (Å²) in [5.41, 5.74) is -0.586. The first kappa shape index (κ1) is 18.4. The molecule has 1 amide bonds. The van der Waals surface area contributed by atoms with Crippen LogP contribution in [0.4, 0.5) is 5.69 Å². The predicted octanol–water partition coefficient (Wildman–Crippen LogP) is 0.133. The van der Waals surface area contributed by atoms with Crippen molar-refractivity contribution in [3.8, 4) is 0 Å². The summed E-state index contributed by atoms with van der Waals surface area (Å²) in [6, 6.07) is 7.50. The van der Waals surface area contributed by atoms with Crippen molar-refractivity contribution in [1.29, 1.82) is 0 Å². The second-order valence-electron chi connectivity index (χ2n) is 6.16. The summed E-state index contributed by atoms with van der Waals surface area (Å²) < 4.78 is 2.55. The second-order valence-corrected chi connectivity index (χ2v) is 6.16.